The van der Waals surface area contributed by atoms with Crippen LogP contribution in [0.4, 0.5) is 0 Å². The number of hydrogen-bond acceptors (Lipinski definition) is 4. The number of benzene rings is 2. The molecule has 0 bridgehead atoms. The third kappa shape index (κ3) is 3.24. The van der Waals surface area contributed by atoms with E-state index in [9.17, 15) is 4.79 Å². The molecule has 0 atom stereocenters. The van der Waals surface area contributed by atoms with Crippen LogP contribution in [0.25, 0.3) is 11.0 Å². The van der Waals surface area contributed by atoms with Gasteiger partial charge in [0.1, 0.15) is 0 Å². The highest BCUT2D eigenvalue weighted by atomic mass is 32.2. The average Bonchev–Trinajstić information content (AvgIpc) is 3.31. The van der Waals surface area contributed by atoms with Crippen molar-refractivity contribution in [2.45, 2.75) is 25.0 Å². The van der Waals surface area contributed by atoms with Crippen molar-refractivity contribution >= 4 is 34.4 Å². The molecule has 2 aromatic carbocycles. The monoisotopic (exact) mass is 364 g/mol. The molecule has 6 heteroatoms. The normalized spacial score (nSPS) is 14.0. The van der Waals surface area contributed by atoms with E-state index in [0.29, 0.717) is 12.3 Å². The predicted molar refractivity (Wildman–Crippen MR) is 105 cm³/mol. The summed E-state index contributed by atoms with van der Waals surface area (Å²) in [6.07, 6.45) is 0.799. The lowest BCUT2D eigenvalue weighted by Gasteiger charge is -2.11. The first-order valence-corrected chi connectivity index (χ1v) is 9.76. The molecule has 26 heavy (non-hydrogen) atoms. The van der Waals surface area contributed by atoms with Crippen molar-refractivity contribution in [3.05, 3.63) is 60.2 Å². The van der Waals surface area contributed by atoms with E-state index in [2.05, 4.69) is 27.6 Å². The van der Waals surface area contributed by atoms with Gasteiger partial charge in [0.2, 0.25) is 0 Å². The number of para-hydroxylation sites is 2. The molecule has 5 nitrogen and oxygen atoms in total. The predicted octanol–water partition coefficient (Wildman–Crippen LogP) is 3.78. The molecule has 1 aliphatic rings. The summed E-state index contributed by atoms with van der Waals surface area (Å²) in [4.78, 5) is 17.2. The number of thioether (sulfide) groups is 1. The van der Waals surface area contributed by atoms with Gasteiger partial charge in [-0.15, -0.1) is 0 Å². The Kier molecular flexibility index (Phi) is 4.75. The van der Waals surface area contributed by atoms with E-state index in [0.717, 1.165) is 40.4 Å². The van der Waals surface area contributed by atoms with Crippen LogP contribution in [0.15, 0.2) is 64.9 Å². The topological polar surface area (TPSA) is 50.5 Å². The summed E-state index contributed by atoms with van der Waals surface area (Å²) in [7, 11) is 0. The number of rotatable bonds is 5. The summed E-state index contributed by atoms with van der Waals surface area (Å²) in [5.41, 5.74) is 4.14. The fraction of sp³-hybridized carbons (Fsp3) is 0.250. The molecule has 1 aromatic heterocycles. The quantitative estimate of drug-likeness (QED) is 0.647. The zero-order valence-electron chi connectivity index (χ0n) is 14.6. The van der Waals surface area contributed by atoms with Gasteiger partial charge in [-0.05, 0) is 24.6 Å². The summed E-state index contributed by atoms with van der Waals surface area (Å²) in [5.74, 6) is 0.366. The molecule has 4 rings (SSSR count). The summed E-state index contributed by atoms with van der Waals surface area (Å²) in [6, 6.07) is 18.1. The van der Waals surface area contributed by atoms with E-state index in [4.69, 9.17) is 0 Å². The van der Waals surface area contributed by atoms with Crippen LogP contribution in [0.1, 0.15) is 18.9 Å². The van der Waals surface area contributed by atoms with Crippen LogP contribution < -0.4 is 0 Å². The first-order chi connectivity index (χ1) is 12.8. The summed E-state index contributed by atoms with van der Waals surface area (Å²) in [5, 5.41) is 6.99. The minimum Gasteiger partial charge on any atom is -0.319 e. The Hall–Kier alpha value is -2.60. The van der Waals surface area contributed by atoms with Crippen molar-refractivity contribution < 1.29 is 4.79 Å². The van der Waals surface area contributed by atoms with E-state index < -0.39 is 0 Å². The molecule has 0 unspecified atom stereocenters. The van der Waals surface area contributed by atoms with Gasteiger partial charge in [-0.1, -0.05) is 54.2 Å². The molecule has 0 fully saturated rings. The van der Waals surface area contributed by atoms with Crippen LogP contribution in [0, 0.1) is 0 Å². The first kappa shape index (κ1) is 16.8. The van der Waals surface area contributed by atoms with Gasteiger partial charge < -0.3 is 4.57 Å². The number of aromatic nitrogens is 2. The van der Waals surface area contributed by atoms with Crippen molar-refractivity contribution in [1.82, 2.24) is 14.6 Å². The average molecular weight is 364 g/mol. The lowest BCUT2D eigenvalue weighted by molar-refractivity contribution is -0.127. The summed E-state index contributed by atoms with van der Waals surface area (Å²) < 4.78 is 2.15. The van der Waals surface area contributed by atoms with Crippen LogP contribution in [0.3, 0.4) is 0 Å². The summed E-state index contributed by atoms with van der Waals surface area (Å²) >= 11 is 1.48. The number of nitrogens with zero attached hydrogens (tertiary/aromatic N) is 4. The van der Waals surface area contributed by atoms with Gasteiger partial charge in [0.25, 0.3) is 5.91 Å². The largest absolute Gasteiger partial charge is 0.319 e. The zero-order chi connectivity index (χ0) is 17.9. The molecule has 0 aliphatic carbocycles. The van der Waals surface area contributed by atoms with E-state index in [1.165, 1.54) is 11.8 Å². The van der Waals surface area contributed by atoms with Crippen molar-refractivity contribution in [2.75, 3.05) is 12.3 Å². The van der Waals surface area contributed by atoms with Gasteiger partial charge in [0.15, 0.2) is 5.16 Å². The summed E-state index contributed by atoms with van der Waals surface area (Å²) in [6.45, 7) is 3.57. The zero-order valence-corrected chi connectivity index (χ0v) is 15.4. The Morgan fingerprint density at radius 2 is 1.88 bits per heavy atom. The van der Waals surface area contributed by atoms with Crippen LogP contribution in [0.5, 0.6) is 0 Å². The maximum atomic E-state index is 12.6. The smallest absolute Gasteiger partial charge is 0.253 e. The maximum Gasteiger partial charge on any atom is 0.253 e. The Labute approximate surface area is 156 Å². The van der Waals surface area contributed by atoms with E-state index >= 15 is 0 Å². The number of amides is 1. The van der Waals surface area contributed by atoms with Crippen molar-refractivity contribution in [1.29, 1.82) is 0 Å². The molecule has 2 heterocycles. The molecular weight excluding hydrogens is 344 g/mol. The molecule has 1 aliphatic heterocycles. The Balaban J connectivity index is 1.46. The van der Waals surface area contributed by atoms with Gasteiger partial charge in [0, 0.05) is 13.0 Å². The number of carbonyl (C=O) groups excluding carboxylic acids is 1. The van der Waals surface area contributed by atoms with Gasteiger partial charge in [-0.2, -0.15) is 5.10 Å². The van der Waals surface area contributed by atoms with E-state index in [-0.39, 0.29) is 5.91 Å². The van der Waals surface area contributed by atoms with Crippen molar-refractivity contribution in [3.63, 3.8) is 0 Å². The van der Waals surface area contributed by atoms with Gasteiger partial charge >= 0.3 is 0 Å². The number of aryl methyl sites for hydroxylation is 1. The second-order valence-corrected chi connectivity index (χ2v) is 7.04. The van der Waals surface area contributed by atoms with Crippen LogP contribution >= 0.6 is 11.8 Å². The molecule has 0 spiro atoms. The fourth-order valence-corrected chi connectivity index (χ4v) is 4.09. The standard InChI is InChI=1S/C20H20N4OS/c1-2-23-18-11-7-6-10-17(18)21-20(23)26-14-19(25)24-13-12-16(22-24)15-8-4-3-5-9-15/h3-11H,2,12-14H2,1H3. The number of imidazole rings is 1. The fourth-order valence-electron chi connectivity index (χ4n) is 3.14. The Bertz CT molecular complexity index is 964. The van der Waals surface area contributed by atoms with Gasteiger partial charge in [-0.25, -0.2) is 9.99 Å². The second kappa shape index (κ2) is 7.33. The molecule has 0 saturated heterocycles. The van der Waals surface area contributed by atoms with Crippen molar-refractivity contribution in [3.8, 4) is 0 Å². The molecule has 0 radical (unpaired) electrons. The highest BCUT2D eigenvalue weighted by Crippen LogP contribution is 2.25. The van der Waals surface area contributed by atoms with Crippen LogP contribution in [0.2, 0.25) is 0 Å². The lowest BCUT2D eigenvalue weighted by atomic mass is 10.1. The minimum absolute atomic E-state index is 0.0237. The van der Waals surface area contributed by atoms with Crippen LogP contribution in [-0.4, -0.2) is 38.5 Å². The van der Waals surface area contributed by atoms with E-state index in [1.54, 1.807) is 5.01 Å². The lowest BCUT2D eigenvalue weighted by Crippen LogP contribution is -2.25. The Morgan fingerprint density at radius 3 is 2.69 bits per heavy atom. The highest BCUT2D eigenvalue weighted by Gasteiger charge is 2.22. The third-order valence-electron chi connectivity index (χ3n) is 4.46. The van der Waals surface area contributed by atoms with Gasteiger partial charge in [0.05, 0.1) is 29.0 Å². The minimum atomic E-state index is 0.0237. The maximum absolute atomic E-state index is 12.6. The molecule has 1 amide bonds. The highest BCUT2D eigenvalue weighted by molar-refractivity contribution is 7.99. The number of hydrogen-bond donors (Lipinski definition) is 0. The molecule has 0 saturated carbocycles. The van der Waals surface area contributed by atoms with Gasteiger partial charge in [-0.3, -0.25) is 4.79 Å². The number of hydrazone groups is 1. The second-order valence-electron chi connectivity index (χ2n) is 6.10. The molecule has 3 aromatic rings. The molecule has 132 valence electrons. The number of fused-ring (bicyclic) bond motifs is 1. The SMILES string of the molecule is CCn1c(SCC(=O)N2CCC(c3ccccc3)=N2)nc2ccccc21. The molecule has 0 N–H and O–H groups in total. The Morgan fingerprint density at radius 1 is 1.12 bits per heavy atom. The number of carbonyl (C=O) groups is 1. The van der Waals surface area contributed by atoms with Crippen LogP contribution in [-0.2, 0) is 11.3 Å². The van der Waals surface area contributed by atoms with Crippen molar-refractivity contribution in [2.24, 2.45) is 5.10 Å². The third-order valence-corrected chi connectivity index (χ3v) is 5.42. The van der Waals surface area contributed by atoms with E-state index in [1.807, 2.05) is 48.5 Å². The first-order valence-electron chi connectivity index (χ1n) is 8.77. The molecular formula is C20H20N4OS.